The number of amides is 1. The van der Waals surface area contributed by atoms with E-state index in [4.69, 9.17) is 9.15 Å². The van der Waals surface area contributed by atoms with Crippen molar-refractivity contribution in [3.05, 3.63) is 47.7 Å². The van der Waals surface area contributed by atoms with Gasteiger partial charge in [-0.2, -0.15) is 0 Å². The van der Waals surface area contributed by atoms with Crippen LogP contribution in [0.25, 0.3) is 11.3 Å². The molecule has 28 heavy (non-hydrogen) atoms. The van der Waals surface area contributed by atoms with Gasteiger partial charge >= 0.3 is 5.97 Å². The van der Waals surface area contributed by atoms with Crippen LogP contribution in [0.3, 0.4) is 0 Å². The van der Waals surface area contributed by atoms with E-state index in [2.05, 4.69) is 38.2 Å². The number of hydrogen-bond acceptors (Lipinski definition) is 4. The molecule has 1 amide bonds. The molecule has 0 bridgehead atoms. The summed E-state index contributed by atoms with van der Waals surface area (Å²) in [6, 6.07) is 11.4. The predicted octanol–water partition coefficient (Wildman–Crippen LogP) is 3.86. The van der Waals surface area contributed by atoms with Crippen molar-refractivity contribution in [1.82, 2.24) is 5.32 Å². The normalized spacial score (nSPS) is 16.5. The third-order valence-corrected chi connectivity index (χ3v) is 5.36. The Balaban J connectivity index is 1.68. The number of carbonyl (C=O) groups excluding carboxylic acids is 1. The van der Waals surface area contributed by atoms with Crippen molar-refractivity contribution < 1.29 is 23.8 Å². The lowest BCUT2D eigenvalue weighted by Gasteiger charge is -2.32. The third-order valence-electron chi connectivity index (χ3n) is 5.36. The van der Waals surface area contributed by atoms with Crippen LogP contribution in [-0.4, -0.2) is 36.7 Å². The van der Waals surface area contributed by atoms with Gasteiger partial charge in [0.1, 0.15) is 5.76 Å². The third kappa shape index (κ3) is 4.28. The second kappa shape index (κ2) is 7.80. The predicted molar refractivity (Wildman–Crippen MR) is 105 cm³/mol. The van der Waals surface area contributed by atoms with Crippen LogP contribution in [0.1, 0.15) is 49.7 Å². The molecule has 1 saturated heterocycles. The fraction of sp³-hybridized carbons (Fsp3) is 0.455. The van der Waals surface area contributed by atoms with Gasteiger partial charge in [-0.3, -0.25) is 9.59 Å². The van der Waals surface area contributed by atoms with E-state index in [1.807, 2.05) is 12.1 Å². The van der Waals surface area contributed by atoms with Gasteiger partial charge in [-0.1, -0.05) is 45.0 Å². The lowest BCUT2D eigenvalue weighted by atomic mass is 9.80. The largest absolute Gasteiger partial charge is 0.481 e. The van der Waals surface area contributed by atoms with Gasteiger partial charge in [0.05, 0.1) is 5.41 Å². The molecule has 3 rings (SSSR count). The molecule has 2 aromatic rings. The van der Waals surface area contributed by atoms with Gasteiger partial charge in [-0.25, -0.2) is 0 Å². The SMILES string of the molecule is CC(C)(C)c1ccc(-c2ccc(C(=O)NCC3(C(=O)O)CCOCC3)o2)cc1. The summed E-state index contributed by atoms with van der Waals surface area (Å²) in [6.45, 7) is 7.29. The molecule has 1 aliphatic rings. The molecule has 1 aromatic heterocycles. The van der Waals surface area contributed by atoms with Crippen molar-refractivity contribution in [3.63, 3.8) is 0 Å². The molecule has 0 spiro atoms. The molecule has 0 saturated carbocycles. The van der Waals surface area contributed by atoms with E-state index in [1.54, 1.807) is 12.1 Å². The number of hydrogen-bond donors (Lipinski definition) is 2. The number of carboxylic acids is 1. The van der Waals surface area contributed by atoms with Gasteiger partial charge in [0.25, 0.3) is 5.91 Å². The highest BCUT2D eigenvalue weighted by Gasteiger charge is 2.40. The van der Waals surface area contributed by atoms with Crippen LogP contribution in [0.4, 0.5) is 0 Å². The minimum absolute atomic E-state index is 0.0564. The first kappa shape index (κ1) is 20.1. The Morgan fingerprint density at radius 1 is 1.07 bits per heavy atom. The maximum atomic E-state index is 12.5. The average molecular weight is 385 g/mol. The molecule has 1 aromatic carbocycles. The van der Waals surface area contributed by atoms with Crippen LogP contribution in [0, 0.1) is 5.41 Å². The molecule has 0 aliphatic carbocycles. The Morgan fingerprint density at radius 3 is 2.29 bits per heavy atom. The van der Waals surface area contributed by atoms with Gasteiger partial charge < -0.3 is 19.6 Å². The van der Waals surface area contributed by atoms with Crippen molar-refractivity contribution in [2.24, 2.45) is 5.41 Å². The van der Waals surface area contributed by atoms with Gasteiger partial charge in [0.2, 0.25) is 0 Å². The maximum Gasteiger partial charge on any atom is 0.311 e. The highest BCUT2D eigenvalue weighted by molar-refractivity contribution is 5.92. The molecular formula is C22H27NO5. The quantitative estimate of drug-likeness (QED) is 0.816. The number of ether oxygens (including phenoxy) is 1. The van der Waals surface area contributed by atoms with Gasteiger partial charge in [0, 0.05) is 25.3 Å². The molecule has 2 N–H and O–H groups in total. The summed E-state index contributed by atoms with van der Waals surface area (Å²) in [5.41, 5.74) is 1.19. The van der Waals surface area contributed by atoms with Gasteiger partial charge in [-0.15, -0.1) is 0 Å². The number of rotatable bonds is 5. The second-order valence-electron chi connectivity index (χ2n) is 8.37. The van der Waals surface area contributed by atoms with Crippen LogP contribution in [0.15, 0.2) is 40.8 Å². The molecule has 2 heterocycles. The highest BCUT2D eigenvalue weighted by Crippen LogP contribution is 2.31. The Kier molecular flexibility index (Phi) is 5.61. The molecule has 6 nitrogen and oxygen atoms in total. The first-order valence-electron chi connectivity index (χ1n) is 9.51. The Labute approximate surface area is 164 Å². The van der Waals surface area contributed by atoms with E-state index in [0.29, 0.717) is 31.8 Å². The highest BCUT2D eigenvalue weighted by atomic mass is 16.5. The van der Waals surface area contributed by atoms with Crippen molar-refractivity contribution in [2.75, 3.05) is 19.8 Å². The minimum Gasteiger partial charge on any atom is -0.481 e. The zero-order valence-corrected chi connectivity index (χ0v) is 16.6. The number of carboxylic acid groups (broad SMARTS) is 1. The van der Waals surface area contributed by atoms with E-state index >= 15 is 0 Å². The zero-order chi connectivity index (χ0) is 20.4. The topological polar surface area (TPSA) is 88.8 Å². The van der Waals surface area contributed by atoms with Crippen LogP contribution in [0.5, 0.6) is 0 Å². The lowest BCUT2D eigenvalue weighted by Crippen LogP contribution is -2.46. The Bertz CT molecular complexity index is 839. The van der Waals surface area contributed by atoms with Crippen molar-refractivity contribution in [1.29, 1.82) is 0 Å². The summed E-state index contributed by atoms with van der Waals surface area (Å²) in [5.74, 6) is -0.549. The molecule has 6 heteroatoms. The molecule has 150 valence electrons. The van der Waals surface area contributed by atoms with Crippen molar-refractivity contribution >= 4 is 11.9 Å². The number of benzene rings is 1. The fourth-order valence-electron chi connectivity index (χ4n) is 3.31. The average Bonchev–Trinajstić information content (AvgIpc) is 3.16. The zero-order valence-electron chi connectivity index (χ0n) is 16.6. The first-order chi connectivity index (χ1) is 13.2. The summed E-state index contributed by atoms with van der Waals surface area (Å²) in [7, 11) is 0. The van der Waals surface area contributed by atoms with E-state index < -0.39 is 17.3 Å². The van der Waals surface area contributed by atoms with E-state index in [-0.39, 0.29) is 17.7 Å². The molecule has 1 fully saturated rings. The van der Waals surface area contributed by atoms with Crippen LogP contribution < -0.4 is 5.32 Å². The van der Waals surface area contributed by atoms with Crippen LogP contribution >= 0.6 is 0 Å². The minimum atomic E-state index is -0.980. The molecule has 0 unspecified atom stereocenters. The van der Waals surface area contributed by atoms with Crippen LogP contribution in [0.2, 0.25) is 0 Å². The molecule has 0 atom stereocenters. The fourth-order valence-corrected chi connectivity index (χ4v) is 3.31. The summed E-state index contributed by atoms with van der Waals surface area (Å²) in [4.78, 5) is 24.1. The lowest BCUT2D eigenvalue weighted by molar-refractivity contribution is -0.154. The number of aliphatic carboxylic acids is 1. The van der Waals surface area contributed by atoms with Crippen molar-refractivity contribution in [3.8, 4) is 11.3 Å². The maximum absolute atomic E-state index is 12.5. The summed E-state index contributed by atoms with van der Waals surface area (Å²) >= 11 is 0. The van der Waals surface area contributed by atoms with E-state index in [1.165, 1.54) is 5.56 Å². The smallest absolute Gasteiger partial charge is 0.311 e. The molecular weight excluding hydrogens is 358 g/mol. The summed E-state index contributed by atoms with van der Waals surface area (Å²) in [5, 5.41) is 12.3. The van der Waals surface area contributed by atoms with Crippen LogP contribution in [-0.2, 0) is 14.9 Å². The second-order valence-corrected chi connectivity index (χ2v) is 8.37. The summed E-state index contributed by atoms with van der Waals surface area (Å²) in [6.07, 6.45) is 0.762. The number of carbonyl (C=O) groups is 2. The van der Waals surface area contributed by atoms with E-state index in [0.717, 1.165) is 5.56 Å². The van der Waals surface area contributed by atoms with Gasteiger partial charge in [-0.05, 0) is 36.0 Å². The Morgan fingerprint density at radius 2 is 1.71 bits per heavy atom. The Hall–Kier alpha value is -2.60. The number of furan rings is 1. The molecule has 0 radical (unpaired) electrons. The first-order valence-corrected chi connectivity index (χ1v) is 9.51. The monoisotopic (exact) mass is 385 g/mol. The standard InChI is InChI=1S/C22H27NO5/c1-21(2,3)16-6-4-15(5-7-16)17-8-9-18(28-17)19(24)23-14-22(20(25)26)10-12-27-13-11-22/h4-9H,10-14H2,1-3H3,(H,23,24)(H,25,26). The van der Waals surface area contributed by atoms with Gasteiger partial charge in [0.15, 0.2) is 5.76 Å². The van der Waals surface area contributed by atoms with E-state index in [9.17, 15) is 14.7 Å². The number of nitrogens with one attached hydrogen (secondary N) is 1. The van der Waals surface area contributed by atoms with Crippen molar-refractivity contribution in [2.45, 2.75) is 39.0 Å². The summed E-state index contributed by atoms with van der Waals surface area (Å²) < 4.78 is 11.0. The molecule has 1 aliphatic heterocycles.